The number of para-hydroxylation sites is 1. The van der Waals surface area contributed by atoms with E-state index in [9.17, 15) is 4.79 Å². The van der Waals surface area contributed by atoms with Gasteiger partial charge in [0.05, 0.1) is 17.3 Å². The molecule has 3 aromatic rings. The number of rotatable bonds is 7. The molecule has 9 nitrogen and oxygen atoms in total. The number of carbonyl (C=O) groups excluding carboxylic acids is 1. The van der Waals surface area contributed by atoms with Crippen molar-refractivity contribution in [3.8, 4) is 17.6 Å². The Hall–Kier alpha value is -4.45. The van der Waals surface area contributed by atoms with Crippen molar-refractivity contribution in [2.45, 2.75) is 25.3 Å². The van der Waals surface area contributed by atoms with Crippen molar-refractivity contribution in [2.75, 3.05) is 24.1 Å². The zero-order valence-corrected chi connectivity index (χ0v) is 18.6. The van der Waals surface area contributed by atoms with Crippen LogP contribution in [0, 0.1) is 16.7 Å². The molecule has 2 aromatic carbocycles. The van der Waals surface area contributed by atoms with Crippen molar-refractivity contribution < 1.29 is 9.53 Å². The third-order valence-corrected chi connectivity index (χ3v) is 5.59. The minimum absolute atomic E-state index is 0.0705. The number of hydrogen-bond acceptors (Lipinski definition) is 8. The van der Waals surface area contributed by atoms with Crippen LogP contribution in [0.15, 0.2) is 60.9 Å². The number of amides is 1. The summed E-state index contributed by atoms with van der Waals surface area (Å²) in [6.07, 6.45) is 2.86. The first-order chi connectivity index (χ1) is 16.5. The summed E-state index contributed by atoms with van der Waals surface area (Å²) >= 11 is 0. The summed E-state index contributed by atoms with van der Waals surface area (Å²) in [4.78, 5) is 22.2. The van der Waals surface area contributed by atoms with Gasteiger partial charge in [0.25, 0.3) is 0 Å². The van der Waals surface area contributed by atoms with Crippen LogP contribution in [0.1, 0.15) is 30.4 Å². The maximum atomic E-state index is 12.1. The second-order valence-electron chi connectivity index (χ2n) is 7.96. The number of nitrogens with two attached hydrogens (primary N) is 1. The number of likely N-dealkylation sites (tertiary alicyclic amines) is 1. The molecular formula is C25H25N7O2. The van der Waals surface area contributed by atoms with Crippen LogP contribution in [0.3, 0.4) is 0 Å². The van der Waals surface area contributed by atoms with E-state index in [0.29, 0.717) is 35.8 Å². The maximum absolute atomic E-state index is 12.1. The van der Waals surface area contributed by atoms with Crippen LogP contribution in [0.25, 0.3) is 0 Å². The van der Waals surface area contributed by atoms with Gasteiger partial charge in [-0.15, -0.1) is 0 Å². The number of carbonyl (C=O) groups is 1. The Morgan fingerprint density at radius 1 is 1.18 bits per heavy atom. The number of nitrogens with zero attached hydrogens (tertiary/aromatic N) is 4. The first-order valence-corrected chi connectivity index (χ1v) is 11.0. The van der Waals surface area contributed by atoms with Crippen molar-refractivity contribution in [1.29, 1.82) is 10.7 Å². The van der Waals surface area contributed by atoms with Crippen LogP contribution in [0.2, 0.25) is 0 Å². The summed E-state index contributed by atoms with van der Waals surface area (Å²) in [7, 11) is 0. The molecule has 0 spiro atoms. The fourth-order valence-electron chi connectivity index (χ4n) is 3.91. The highest BCUT2D eigenvalue weighted by molar-refractivity contribution is 6.16. The van der Waals surface area contributed by atoms with E-state index in [-0.39, 0.29) is 29.9 Å². The summed E-state index contributed by atoms with van der Waals surface area (Å²) in [5.41, 5.74) is 7.38. The Morgan fingerprint density at radius 3 is 2.65 bits per heavy atom. The standard InChI is InChI=1S/C25H25N7O2/c26-13-12-21(33)32-14-4-5-18(15-32)31-25-22(24(28)29-16-30-25)23(27)17-8-10-20(11-9-17)34-19-6-2-1-3-7-19/h1-3,6-11,16,18,27H,4-5,12,14-15H2,(H3,28,29,30,31). The SMILES string of the molecule is N#CCC(=O)N1CCCC(Nc2ncnc(N)c2C(=N)c2ccc(Oc3ccccc3)cc2)C1. The number of anilines is 2. The molecule has 1 amide bonds. The third kappa shape index (κ3) is 5.30. The van der Waals surface area contributed by atoms with Crippen LogP contribution in [-0.4, -0.2) is 45.6 Å². The third-order valence-electron chi connectivity index (χ3n) is 5.59. The van der Waals surface area contributed by atoms with E-state index in [4.69, 9.17) is 21.1 Å². The molecule has 9 heteroatoms. The van der Waals surface area contributed by atoms with E-state index in [1.54, 1.807) is 29.2 Å². The van der Waals surface area contributed by atoms with Crippen molar-refractivity contribution in [3.63, 3.8) is 0 Å². The number of hydrogen-bond donors (Lipinski definition) is 3. The average Bonchev–Trinajstić information content (AvgIpc) is 2.85. The van der Waals surface area contributed by atoms with Gasteiger partial charge in [-0.2, -0.15) is 5.26 Å². The summed E-state index contributed by atoms with van der Waals surface area (Å²) in [6.45, 7) is 1.09. The lowest BCUT2D eigenvalue weighted by molar-refractivity contribution is -0.131. The molecule has 1 unspecified atom stereocenters. The van der Waals surface area contributed by atoms with E-state index in [0.717, 1.165) is 18.6 Å². The molecule has 1 fully saturated rings. The van der Waals surface area contributed by atoms with Crippen LogP contribution >= 0.6 is 0 Å². The van der Waals surface area contributed by atoms with E-state index in [1.165, 1.54) is 6.33 Å². The lowest BCUT2D eigenvalue weighted by Crippen LogP contribution is -2.45. The molecule has 1 aliphatic heterocycles. The van der Waals surface area contributed by atoms with Crippen molar-refractivity contribution in [1.82, 2.24) is 14.9 Å². The van der Waals surface area contributed by atoms with Crippen LogP contribution in [0.4, 0.5) is 11.6 Å². The largest absolute Gasteiger partial charge is 0.457 e. The second kappa shape index (κ2) is 10.4. The fourth-order valence-corrected chi connectivity index (χ4v) is 3.91. The molecule has 0 aliphatic carbocycles. The van der Waals surface area contributed by atoms with Gasteiger partial charge in [0.2, 0.25) is 5.91 Å². The normalized spacial score (nSPS) is 15.3. The molecule has 1 atom stereocenters. The van der Waals surface area contributed by atoms with E-state index in [1.807, 2.05) is 36.4 Å². The minimum Gasteiger partial charge on any atom is -0.457 e. The van der Waals surface area contributed by atoms with Crippen molar-refractivity contribution in [2.24, 2.45) is 0 Å². The Kier molecular flexibility index (Phi) is 6.98. The molecule has 1 aliphatic rings. The van der Waals surface area contributed by atoms with E-state index >= 15 is 0 Å². The van der Waals surface area contributed by atoms with Gasteiger partial charge in [0.1, 0.15) is 35.9 Å². The van der Waals surface area contributed by atoms with Gasteiger partial charge >= 0.3 is 0 Å². The monoisotopic (exact) mass is 455 g/mol. The highest BCUT2D eigenvalue weighted by Gasteiger charge is 2.25. The van der Waals surface area contributed by atoms with Gasteiger partial charge in [0.15, 0.2) is 0 Å². The zero-order chi connectivity index (χ0) is 23.9. The van der Waals surface area contributed by atoms with Crippen molar-refractivity contribution in [3.05, 3.63) is 72.1 Å². The number of benzene rings is 2. The van der Waals surface area contributed by atoms with E-state index in [2.05, 4.69) is 15.3 Å². The molecule has 172 valence electrons. The molecule has 4 rings (SSSR count). The molecule has 4 N–H and O–H groups in total. The highest BCUT2D eigenvalue weighted by atomic mass is 16.5. The molecular weight excluding hydrogens is 430 g/mol. The quantitative estimate of drug-likeness (QED) is 0.462. The predicted octanol–water partition coefficient (Wildman–Crippen LogP) is 3.58. The molecule has 0 bridgehead atoms. The van der Waals surface area contributed by atoms with Crippen molar-refractivity contribution >= 4 is 23.3 Å². The molecule has 1 aromatic heterocycles. The van der Waals surface area contributed by atoms with Gasteiger partial charge in [-0.25, -0.2) is 9.97 Å². The predicted molar refractivity (Wildman–Crippen MR) is 129 cm³/mol. The molecule has 0 radical (unpaired) electrons. The first-order valence-electron chi connectivity index (χ1n) is 11.0. The summed E-state index contributed by atoms with van der Waals surface area (Å²) in [5, 5.41) is 20.9. The number of aromatic nitrogens is 2. The van der Waals surface area contributed by atoms with Crippen LogP contribution in [-0.2, 0) is 4.79 Å². The Bertz CT molecular complexity index is 1210. The summed E-state index contributed by atoms with van der Waals surface area (Å²) < 4.78 is 5.83. The smallest absolute Gasteiger partial charge is 0.236 e. The summed E-state index contributed by atoms with van der Waals surface area (Å²) in [6, 6.07) is 18.5. The topological polar surface area (TPSA) is 141 Å². The Morgan fingerprint density at radius 2 is 1.91 bits per heavy atom. The molecule has 2 heterocycles. The lowest BCUT2D eigenvalue weighted by atomic mass is 10.0. The zero-order valence-electron chi connectivity index (χ0n) is 18.6. The molecule has 1 saturated heterocycles. The van der Waals surface area contributed by atoms with Gasteiger partial charge in [-0.1, -0.05) is 18.2 Å². The molecule has 0 saturated carbocycles. The highest BCUT2D eigenvalue weighted by Crippen LogP contribution is 2.26. The number of nitriles is 1. The minimum atomic E-state index is -0.179. The lowest BCUT2D eigenvalue weighted by Gasteiger charge is -2.33. The number of ether oxygens (including phenoxy) is 1. The number of nitrogen functional groups attached to an aromatic ring is 1. The van der Waals surface area contributed by atoms with Gasteiger partial charge in [-0.05, 0) is 49.2 Å². The van der Waals surface area contributed by atoms with Gasteiger partial charge in [-0.3, -0.25) is 10.2 Å². The number of nitrogens with one attached hydrogen (secondary N) is 2. The van der Waals surface area contributed by atoms with Crippen LogP contribution in [0.5, 0.6) is 11.5 Å². The fraction of sp³-hybridized carbons (Fsp3) is 0.240. The van der Waals surface area contributed by atoms with E-state index < -0.39 is 0 Å². The first kappa shape index (κ1) is 22.7. The van der Waals surface area contributed by atoms with Gasteiger partial charge in [0, 0.05) is 24.7 Å². The van der Waals surface area contributed by atoms with Crippen LogP contribution < -0.4 is 15.8 Å². The molecule has 34 heavy (non-hydrogen) atoms. The number of piperidine rings is 1. The summed E-state index contributed by atoms with van der Waals surface area (Å²) in [5.74, 6) is 1.85. The Balaban J connectivity index is 1.50. The van der Waals surface area contributed by atoms with Gasteiger partial charge < -0.3 is 20.7 Å². The Labute approximate surface area is 197 Å². The average molecular weight is 456 g/mol. The second-order valence-corrected chi connectivity index (χ2v) is 7.96. The maximum Gasteiger partial charge on any atom is 0.236 e.